The van der Waals surface area contributed by atoms with Crippen LogP contribution in [-0.2, 0) is 6.54 Å². The monoisotopic (exact) mass is 279 g/mol. The number of nitrogens with two attached hydrogens (primary N) is 1. The van der Waals surface area contributed by atoms with Crippen LogP contribution in [0.3, 0.4) is 0 Å². The molecule has 3 nitrogen and oxygen atoms in total. The molecule has 0 aliphatic heterocycles. The van der Waals surface area contributed by atoms with Crippen molar-refractivity contribution in [2.24, 2.45) is 0 Å². The molecule has 4 heteroatoms. The van der Waals surface area contributed by atoms with Crippen molar-refractivity contribution in [2.45, 2.75) is 33.2 Å². The highest BCUT2D eigenvalue weighted by Gasteiger charge is 2.07. The van der Waals surface area contributed by atoms with Crippen molar-refractivity contribution in [2.75, 3.05) is 5.73 Å². The summed E-state index contributed by atoms with van der Waals surface area (Å²) in [6.07, 6.45) is 2.32. The van der Waals surface area contributed by atoms with Gasteiger partial charge >= 0.3 is 0 Å². The Bertz CT molecular complexity index is 268. The van der Waals surface area contributed by atoms with Gasteiger partial charge < -0.3 is 5.73 Å². The Balaban J connectivity index is 2.79. The van der Waals surface area contributed by atoms with E-state index in [0.717, 1.165) is 28.0 Å². The lowest BCUT2D eigenvalue weighted by atomic mass is 10.3. The highest BCUT2D eigenvalue weighted by Crippen LogP contribution is 2.18. The first-order valence-corrected chi connectivity index (χ1v) is 5.23. The van der Waals surface area contributed by atoms with E-state index in [0.29, 0.717) is 0 Å². The Morgan fingerprint density at radius 2 is 2.25 bits per heavy atom. The minimum atomic E-state index is 0.807. The van der Waals surface area contributed by atoms with Crippen LogP contribution in [0.2, 0.25) is 0 Å². The number of aryl methyl sites for hydroxylation is 2. The van der Waals surface area contributed by atoms with Crippen molar-refractivity contribution in [1.82, 2.24) is 9.78 Å². The molecular formula is C8H14IN3. The molecule has 1 rings (SSSR count). The molecule has 0 radical (unpaired) electrons. The standard InChI is InChI=1S/C8H14IN3/c1-3-4-5-12-8(10)7(9)6(2)11-12/h3-5,10H2,1-2H3. The van der Waals surface area contributed by atoms with Gasteiger partial charge in [0.05, 0.1) is 9.26 Å². The van der Waals surface area contributed by atoms with Gasteiger partial charge in [-0.15, -0.1) is 0 Å². The smallest absolute Gasteiger partial charge is 0.135 e. The third kappa shape index (κ3) is 1.91. The summed E-state index contributed by atoms with van der Waals surface area (Å²) in [4.78, 5) is 0. The third-order valence-corrected chi connectivity index (χ3v) is 3.15. The molecule has 12 heavy (non-hydrogen) atoms. The predicted octanol–water partition coefficient (Wildman–Crippen LogP) is 2.18. The molecule has 0 spiro atoms. The van der Waals surface area contributed by atoms with E-state index >= 15 is 0 Å². The number of hydrogen-bond acceptors (Lipinski definition) is 2. The van der Waals surface area contributed by atoms with Gasteiger partial charge in [0.25, 0.3) is 0 Å². The lowest BCUT2D eigenvalue weighted by molar-refractivity contribution is 0.575. The average Bonchev–Trinajstić information content (AvgIpc) is 2.30. The molecule has 0 bridgehead atoms. The van der Waals surface area contributed by atoms with E-state index in [9.17, 15) is 0 Å². The molecule has 0 fully saturated rings. The van der Waals surface area contributed by atoms with Crippen molar-refractivity contribution in [3.63, 3.8) is 0 Å². The van der Waals surface area contributed by atoms with Crippen LogP contribution in [0.5, 0.6) is 0 Å². The van der Waals surface area contributed by atoms with E-state index < -0.39 is 0 Å². The molecule has 0 aromatic carbocycles. The SMILES string of the molecule is CCCCn1nc(C)c(I)c1N. The van der Waals surface area contributed by atoms with Crippen molar-refractivity contribution >= 4 is 28.4 Å². The van der Waals surface area contributed by atoms with Crippen LogP contribution in [0.25, 0.3) is 0 Å². The molecule has 0 aliphatic carbocycles. The fourth-order valence-electron chi connectivity index (χ4n) is 1.06. The van der Waals surface area contributed by atoms with Gasteiger partial charge in [-0.1, -0.05) is 13.3 Å². The van der Waals surface area contributed by atoms with Crippen LogP contribution >= 0.6 is 22.6 Å². The number of halogens is 1. The second-order valence-electron chi connectivity index (χ2n) is 2.86. The quantitative estimate of drug-likeness (QED) is 0.862. The number of nitrogens with zero attached hydrogens (tertiary/aromatic N) is 2. The van der Waals surface area contributed by atoms with Crippen molar-refractivity contribution in [1.29, 1.82) is 0 Å². The van der Waals surface area contributed by atoms with Gasteiger partial charge in [0.1, 0.15) is 5.82 Å². The highest BCUT2D eigenvalue weighted by molar-refractivity contribution is 14.1. The number of nitrogen functional groups attached to an aromatic ring is 1. The van der Waals surface area contributed by atoms with Crippen LogP contribution < -0.4 is 5.73 Å². The average molecular weight is 279 g/mol. The van der Waals surface area contributed by atoms with E-state index in [1.807, 2.05) is 11.6 Å². The Morgan fingerprint density at radius 1 is 1.58 bits per heavy atom. The summed E-state index contributed by atoms with van der Waals surface area (Å²) in [5.74, 6) is 0.807. The number of aromatic nitrogens is 2. The Labute approximate surface area is 86.5 Å². The fraction of sp³-hybridized carbons (Fsp3) is 0.625. The molecule has 1 aromatic rings. The predicted molar refractivity (Wildman–Crippen MR) is 59.0 cm³/mol. The molecule has 0 unspecified atom stereocenters. The van der Waals surface area contributed by atoms with Gasteiger partial charge in [-0.2, -0.15) is 5.10 Å². The van der Waals surface area contributed by atoms with Gasteiger partial charge in [-0.25, -0.2) is 4.68 Å². The Morgan fingerprint density at radius 3 is 2.67 bits per heavy atom. The first-order valence-electron chi connectivity index (χ1n) is 4.15. The minimum absolute atomic E-state index is 0.807. The van der Waals surface area contributed by atoms with E-state index in [-0.39, 0.29) is 0 Å². The van der Waals surface area contributed by atoms with Crippen molar-refractivity contribution in [3.05, 3.63) is 9.26 Å². The van der Waals surface area contributed by atoms with Gasteiger partial charge in [-0.05, 0) is 35.9 Å². The summed E-state index contributed by atoms with van der Waals surface area (Å²) in [5.41, 5.74) is 6.87. The zero-order chi connectivity index (χ0) is 9.14. The zero-order valence-electron chi connectivity index (χ0n) is 7.47. The van der Waals surface area contributed by atoms with Gasteiger partial charge in [0.2, 0.25) is 0 Å². The largest absolute Gasteiger partial charge is 0.383 e. The molecule has 1 aromatic heterocycles. The molecule has 0 amide bonds. The topological polar surface area (TPSA) is 43.8 Å². The summed E-state index contributed by atoms with van der Waals surface area (Å²) < 4.78 is 2.98. The van der Waals surface area contributed by atoms with E-state index in [1.54, 1.807) is 0 Å². The van der Waals surface area contributed by atoms with Crippen molar-refractivity contribution < 1.29 is 0 Å². The normalized spacial score (nSPS) is 10.6. The summed E-state index contributed by atoms with van der Waals surface area (Å²) in [6.45, 7) is 5.09. The maximum atomic E-state index is 5.84. The van der Waals surface area contributed by atoms with Gasteiger partial charge in [0, 0.05) is 6.54 Å². The molecule has 2 N–H and O–H groups in total. The fourth-order valence-corrected chi connectivity index (χ4v) is 1.44. The van der Waals surface area contributed by atoms with E-state index in [2.05, 4.69) is 34.6 Å². The maximum Gasteiger partial charge on any atom is 0.135 e. The van der Waals surface area contributed by atoms with Gasteiger partial charge in [0.15, 0.2) is 0 Å². The first-order chi connectivity index (χ1) is 5.66. The Kier molecular flexibility index (Phi) is 3.37. The number of anilines is 1. The molecule has 0 saturated carbocycles. The lowest BCUT2D eigenvalue weighted by Gasteiger charge is -2.01. The summed E-state index contributed by atoms with van der Waals surface area (Å²) in [6, 6.07) is 0. The third-order valence-electron chi connectivity index (χ3n) is 1.81. The molecule has 0 saturated heterocycles. The molecule has 68 valence electrons. The van der Waals surface area contributed by atoms with Crippen molar-refractivity contribution in [3.8, 4) is 0 Å². The van der Waals surface area contributed by atoms with Crippen LogP contribution in [0, 0.1) is 10.5 Å². The van der Waals surface area contributed by atoms with Crippen LogP contribution in [0.15, 0.2) is 0 Å². The summed E-state index contributed by atoms with van der Waals surface area (Å²) >= 11 is 2.23. The first kappa shape index (κ1) is 9.83. The number of rotatable bonds is 3. The van der Waals surface area contributed by atoms with Crippen LogP contribution in [0.4, 0.5) is 5.82 Å². The summed E-state index contributed by atoms with van der Waals surface area (Å²) in [7, 11) is 0. The van der Waals surface area contributed by atoms with Crippen LogP contribution in [-0.4, -0.2) is 9.78 Å². The molecule has 0 atom stereocenters. The molecule has 1 heterocycles. The molecule has 0 aliphatic rings. The number of unbranched alkanes of at least 4 members (excludes halogenated alkanes) is 1. The minimum Gasteiger partial charge on any atom is -0.383 e. The highest BCUT2D eigenvalue weighted by atomic mass is 127. The van der Waals surface area contributed by atoms with Crippen LogP contribution in [0.1, 0.15) is 25.5 Å². The lowest BCUT2D eigenvalue weighted by Crippen LogP contribution is -2.04. The molecular weight excluding hydrogens is 265 g/mol. The van der Waals surface area contributed by atoms with E-state index in [4.69, 9.17) is 5.73 Å². The zero-order valence-corrected chi connectivity index (χ0v) is 9.63. The second kappa shape index (κ2) is 4.11. The van der Waals surface area contributed by atoms with E-state index in [1.165, 1.54) is 6.42 Å². The number of hydrogen-bond donors (Lipinski definition) is 1. The second-order valence-corrected chi connectivity index (χ2v) is 3.94. The Hall–Kier alpha value is -0.260. The maximum absolute atomic E-state index is 5.84. The summed E-state index contributed by atoms with van der Waals surface area (Å²) in [5, 5.41) is 4.33. The van der Waals surface area contributed by atoms with Gasteiger partial charge in [-0.3, -0.25) is 0 Å².